The molecular formula is C11H21N3O3. The first-order chi connectivity index (χ1) is 8.13. The smallest absolute Gasteiger partial charge is 0.248 e. The molecule has 1 aliphatic heterocycles. The summed E-state index contributed by atoms with van der Waals surface area (Å²) in [6, 6.07) is 0.196. The third-order valence-electron chi connectivity index (χ3n) is 2.74. The highest BCUT2D eigenvalue weighted by Gasteiger charge is 2.22. The lowest BCUT2D eigenvalue weighted by molar-refractivity contribution is -0.137. The lowest BCUT2D eigenvalue weighted by atomic mass is 10.1. The van der Waals surface area contributed by atoms with Crippen LogP contribution >= 0.6 is 0 Å². The highest BCUT2D eigenvalue weighted by atomic mass is 16.5. The zero-order valence-corrected chi connectivity index (χ0v) is 10.3. The molecule has 1 rings (SSSR count). The Hall–Kier alpha value is -1.14. The van der Waals surface area contributed by atoms with E-state index in [1.165, 1.54) is 6.92 Å². The predicted molar refractivity (Wildman–Crippen MR) is 63.3 cm³/mol. The molecular weight excluding hydrogens is 222 g/mol. The van der Waals surface area contributed by atoms with Crippen LogP contribution in [-0.4, -0.2) is 55.6 Å². The first kappa shape index (κ1) is 13.9. The molecule has 1 fully saturated rings. The topological polar surface area (TPSA) is 84.7 Å². The number of piperidine rings is 1. The SMILES string of the molecule is CC(=O)NC1CCN(C(=O)COCCN)CC1. The van der Waals surface area contributed by atoms with Crippen molar-refractivity contribution in [2.75, 3.05) is 32.8 Å². The number of likely N-dealkylation sites (tertiary alicyclic amines) is 1. The normalized spacial score (nSPS) is 16.9. The highest BCUT2D eigenvalue weighted by molar-refractivity contribution is 5.77. The van der Waals surface area contributed by atoms with Gasteiger partial charge in [0.15, 0.2) is 0 Å². The van der Waals surface area contributed by atoms with Crippen molar-refractivity contribution in [2.24, 2.45) is 5.73 Å². The fourth-order valence-electron chi connectivity index (χ4n) is 1.89. The van der Waals surface area contributed by atoms with Gasteiger partial charge in [0.1, 0.15) is 6.61 Å². The van der Waals surface area contributed by atoms with Crippen molar-refractivity contribution < 1.29 is 14.3 Å². The number of rotatable bonds is 5. The lowest BCUT2D eigenvalue weighted by Gasteiger charge is -2.32. The zero-order chi connectivity index (χ0) is 12.7. The summed E-state index contributed by atoms with van der Waals surface area (Å²) in [4.78, 5) is 24.3. The average molecular weight is 243 g/mol. The first-order valence-corrected chi connectivity index (χ1v) is 5.96. The number of hydrogen-bond donors (Lipinski definition) is 2. The largest absolute Gasteiger partial charge is 0.370 e. The molecule has 1 heterocycles. The third kappa shape index (κ3) is 5.14. The fourth-order valence-corrected chi connectivity index (χ4v) is 1.89. The molecule has 0 unspecified atom stereocenters. The van der Waals surface area contributed by atoms with E-state index in [1.54, 1.807) is 4.90 Å². The Bertz CT molecular complexity index is 263. The van der Waals surface area contributed by atoms with Gasteiger partial charge in [0, 0.05) is 32.6 Å². The predicted octanol–water partition coefficient (Wildman–Crippen LogP) is -0.911. The van der Waals surface area contributed by atoms with Crippen molar-refractivity contribution >= 4 is 11.8 Å². The first-order valence-electron chi connectivity index (χ1n) is 5.96. The van der Waals surface area contributed by atoms with E-state index in [9.17, 15) is 9.59 Å². The van der Waals surface area contributed by atoms with Crippen LogP contribution in [0.4, 0.5) is 0 Å². The number of nitrogens with two attached hydrogens (primary N) is 1. The molecule has 1 saturated heterocycles. The van der Waals surface area contributed by atoms with Crippen LogP contribution in [0, 0.1) is 0 Å². The standard InChI is InChI=1S/C11H21N3O3/c1-9(15)13-10-2-5-14(6-3-10)11(16)8-17-7-4-12/h10H,2-8,12H2,1H3,(H,13,15). The molecule has 6 heteroatoms. The van der Waals surface area contributed by atoms with E-state index < -0.39 is 0 Å². The van der Waals surface area contributed by atoms with Gasteiger partial charge in [0.25, 0.3) is 0 Å². The maximum atomic E-state index is 11.7. The van der Waals surface area contributed by atoms with Gasteiger partial charge in [-0.05, 0) is 12.8 Å². The van der Waals surface area contributed by atoms with Crippen LogP contribution in [0.15, 0.2) is 0 Å². The quantitative estimate of drug-likeness (QED) is 0.612. The number of nitrogens with zero attached hydrogens (tertiary/aromatic N) is 1. The van der Waals surface area contributed by atoms with Crippen LogP contribution in [0.5, 0.6) is 0 Å². The second-order valence-electron chi connectivity index (χ2n) is 4.20. The highest BCUT2D eigenvalue weighted by Crippen LogP contribution is 2.10. The van der Waals surface area contributed by atoms with Crippen molar-refractivity contribution in [3.05, 3.63) is 0 Å². The van der Waals surface area contributed by atoms with Crippen LogP contribution in [0.1, 0.15) is 19.8 Å². The summed E-state index contributed by atoms with van der Waals surface area (Å²) in [5.74, 6) is -0.0132. The van der Waals surface area contributed by atoms with Gasteiger partial charge in [-0.15, -0.1) is 0 Å². The molecule has 0 saturated carbocycles. The van der Waals surface area contributed by atoms with Crippen molar-refractivity contribution in [1.82, 2.24) is 10.2 Å². The number of ether oxygens (including phenoxy) is 1. The molecule has 17 heavy (non-hydrogen) atoms. The summed E-state index contributed by atoms with van der Waals surface area (Å²) in [6.45, 7) is 3.80. The monoisotopic (exact) mass is 243 g/mol. The molecule has 98 valence electrons. The Morgan fingerprint density at radius 1 is 1.41 bits per heavy atom. The molecule has 0 aliphatic carbocycles. The van der Waals surface area contributed by atoms with Gasteiger partial charge in [0.2, 0.25) is 11.8 Å². The van der Waals surface area contributed by atoms with Gasteiger partial charge in [0.05, 0.1) is 6.61 Å². The van der Waals surface area contributed by atoms with Crippen LogP contribution in [0.2, 0.25) is 0 Å². The Morgan fingerprint density at radius 3 is 2.59 bits per heavy atom. The van der Waals surface area contributed by atoms with E-state index >= 15 is 0 Å². The van der Waals surface area contributed by atoms with Gasteiger partial charge in [-0.1, -0.05) is 0 Å². The molecule has 0 aromatic heterocycles. The van der Waals surface area contributed by atoms with E-state index in [0.29, 0.717) is 26.2 Å². The second-order valence-corrected chi connectivity index (χ2v) is 4.20. The van der Waals surface area contributed by atoms with E-state index in [-0.39, 0.29) is 24.5 Å². The summed E-state index contributed by atoms with van der Waals surface area (Å²) in [6.07, 6.45) is 1.62. The summed E-state index contributed by atoms with van der Waals surface area (Å²) in [5, 5.41) is 2.87. The molecule has 0 aromatic rings. The summed E-state index contributed by atoms with van der Waals surface area (Å²) in [5.41, 5.74) is 5.27. The number of carbonyl (C=O) groups is 2. The maximum absolute atomic E-state index is 11.7. The minimum Gasteiger partial charge on any atom is -0.370 e. The third-order valence-corrected chi connectivity index (χ3v) is 2.74. The Kier molecular flexibility index (Phi) is 5.93. The molecule has 0 spiro atoms. The van der Waals surface area contributed by atoms with Crippen LogP contribution in [0.3, 0.4) is 0 Å². The van der Waals surface area contributed by atoms with Crippen molar-refractivity contribution in [1.29, 1.82) is 0 Å². The Balaban J connectivity index is 2.21. The molecule has 2 amide bonds. The van der Waals surface area contributed by atoms with Gasteiger partial charge < -0.3 is 20.7 Å². The Labute approximate surface area is 101 Å². The fraction of sp³-hybridized carbons (Fsp3) is 0.818. The minimum atomic E-state index is -0.0129. The van der Waals surface area contributed by atoms with E-state index in [0.717, 1.165) is 12.8 Å². The second kappa shape index (κ2) is 7.24. The summed E-state index contributed by atoms with van der Waals surface area (Å²) >= 11 is 0. The van der Waals surface area contributed by atoms with E-state index in [4.69, 9.17) is 10.5 Å². The summed E-state index contributed by atoms with van der Waals surface area (Å²) < 4.78 is 5.10. The number of carbonyl (C=O) groups excluding carboxylic acids is 2. The average Bonchev–Trinajstić information content (AvgIpc) is 2.29. The number of amides is 2. The van der Waals surface area contributed by atoms with Crippen LogP contribution in [-0.2, 0) is 14.3 Å². The lowest BCUT2D eigenvalue weighted by Crippen LogP contribution is -2.47. The molecule has 0 atom stereocenters. The zero-order valence-electron chi connectivity index (χ0n) is 10.3. The molecule has 1 aliphatic rings. The number of nitrogens with one attached hydrogen (secondary N) is 1. The van der Waals surface area contributed by atoms with Crippen molar-refractivity contribution in [2.45, 2.75) is 25.8 Å². The van der Waals surface area contributed by atoms with Gasteiger partial charge in [-0.2, -0.15) is 0 Å². The van der Waals surface area contributed by atoms with Crippen molar-refractivity contribution in [3.63, 3.8) is 0 Å². The molecule has 0 aromatic carbocycles. The van der Waals surface area contributed by atoms with Gasteiger partial charge in [-0.25, -0.2) is 0 Å². The summed E-state index contributed by atoms with van der Waals surface area (Å²) in [7, 11) is 0. The van der Waals surface area contributed by atoms with Crippen LogP contribution < -0.4 is 11.1 Å². The van der Waals surface area contributed by atoms with Crippen LogP contribution in [0.25, 0.3) is 0 Å². The molecule has 3 N–H and O–H groups in total. The van der Waals surface area contributed by atoms with Crippen molar-refractivity contribution in [3.8, 4) is 0 Å². The Morgan fingerprint density at radius 2 is 2.06 bits per heavy atom. The maximum Gasteiger partial charge on any atom is 0.248 e. The molecule has 0 radical (unpaired) electrons. The van der Waals surface area contributed by atoms with E-state index in [1.807, 2.05) is 0 Å². The van der Waals surface area contributed by atoms with E-state index in [2.05, 4.69) is 5.32 Å². The molecule has 0 bridgehead atoms. The van der Waals surface area contributed by atoms with Gasteiger partial charge >= 0.3 is 0 Å². The molecule has 6 nitrogen and oxygen atoms in total. The number of hydrogen-bond acceptors (Lipinski definition) is 4. The minimum absolute atomic E-state index is 0.000255. The van der Waals surface area contributed by atoms with Gasteiger partial charge in [-0.3, -0.25) is 9.59 Å².